The van der Waals surface area contributed by atoms with Gasteiger partial charge in [-0.2, -0.15) is 0 Å². The van der Waals surface area contributed by atoms with Crippen molar-refractivity contribution in [3.8, 4) is 0 Å². The Hall–Kier alpha value is -0.610. The molecule has 1 unspecified atom stereocenters. The third-order valence-electron chi connectivity index (χ3n) is 2.84. The van der Waals surface area contributed by atoms with Gasteiger partial charge >= 0.3 is 0 Å². The maximum Gasteiger partial charge on any atom is 0.218 e. The summed E-state index contributed by atoms with van der Waals surface area (Å²) in [6.07, 6.45) is 1.34. The van der Waals surface area contributed by atoms with Crippen molar-refractivity contribution < 1.29 is 9.53 Å². The van der Waals surface area contributed by atoms with Gasteiger partial charge in [-0.1, -0.05) is 0 Å². The molecule has 0 radical (unpaired) electrons. The quantitative estimate of drug-likeness (QED) is 0.727. The molecule has 0 aromatic rings. The molecule has 3 N–H and O–H groups in total. The van der Waals surface area contributed by atoms with Gasteiger partial charge in [0, 0.05) is 19.0 Å². The molecule has 0 saturated carbocycles. The smallest absolute Gasteiger partial charge is 0.218 e. The van der Waals surface area contributed by atoms with Crippen LogP contribution in [0.1, 0.15) is 40.5 Å². The summed E-state index contributed by atoms with van der Waals surface area (Å²) in [5.41, 5.74) is 4.82. The maximum absolute atomic E-state index is 10.6. The summed E-state index contributed by atoms with van der Waals surface area (Å²) < 4.78 is 5.93. The van der Waals surface area contributed by atoms with Crippen molar-refractivity contribution >= 4 is 5.91 Å². The summed E-state index contributed by atoms with van der Waals surface area (Å²) in [6.45, 7) is 8.95. The highest BCUT2D eigenvalue weighted by molar-refractivity contribution is 5.73. The van der Waals surface area contributed by atoms with Gasteiger partial charge in [-0.05, 0) is 34.1 Å². The van der Waals surface area contributed by atoms with E-state index in [0.717, 1.165) is 6.42 Å². The van der Waals surface area contributed by atoms with Crippen LogP contribution in [-0.2, 0) is 9.53 Å². The third kappa shape index (κ3) is 3.47. The Bertz CT molecular complexity index is 249. The van der Waals surface area contributed by atoms with Gasteiger partial charge in [0.15, 0.2) is 0 Å². The largest absolute Gasteiger partial charge is 0.370 e. The van der Waals surface area contributed by atoms with E-state index in [-0.39, 0.29) is 23.2 Å². The van der Waals surface area contributed by atoms with Gasteiger partial charge in [-0.15, -0.1) is 0 Å². The Morgan fingerprint density at radius 3 is 2.47 bits per heavy atom. The molecular formula is C11H22N2O2. The number of amides is 1. The van der Waals surface area contributed by atoms with Crippen LogP contribution in [0.4, 0.5) is 0 Å². The zero-order valence-electron chi connectivity index (χ0n) is 10.1. The topological polar surface area (TPSA) is 64.3 Å². The lowest BCUT2D eigenvalue weighted by Gasteiger charge is -2.27. The molecule has 1 aliphatic heterocycles. The number of primary amides is 1. The number of nitrogens with one attached hydrogen (secondary N) is 1. The van der Waals surface area contributed by atoms with Gasteiger partial charge in [0.1, 0.15) is 0 Å². The molecule has 0 bridgehead atoms. The Labute approximate surface area is 91.5 Å². The SMILES string of the molecule is CC1(C)CC(NCCC(N)=O)C(C)(C)O1. The second-order valence-corrected chi connectivity index (χ2v) is 5.39. The molecule has 0 aromatic carbocycles. The third-order valence-corrected chi connectivity index (χ3v) is 2.84. The molecule has 1 heterocycles. The number of carbonyl (C=O) groups excluding carboxylic acids is 1. The van der Waals surface area contributed by atoms with Crippen molar-refractivity contribution in [3.05, 3.63) is 0 Å². The molecular weight excluding hydrogens is 192 g/mol. The Balaban J connectivity index is 2.45. The molecule has 88 valence electrons. The molecule has 0 aromatic heterocycles. The normalized spacial score (nSPS) is 27.9. The molecule has 1 saturated heterocycles. The maximum atomic E-state index is 10.6. The molecule has 1 rings (SSSR count). The highest BCUT2D eigenvalue weighted by atomic mass is 16.5. The Morgan fingerprint density at radius 2 is 2.07 bits per heavy atom. The van der Waals surface area contributed by atoms with Crippen molar-refractivity contribution in [2.75, 3.05) is 6.54 Å². The first kappa shape index (κ1) is 12.5. The molecule has 1 amide bonds. The number of nitrogens with two attached hydrogens (primary N) is 1. The minimum Gasteiger partial charge on any atom is -0.370 e. The number of hydrogen-bond acceptors (Lipinski definition) is 3. The monoisotopic (exact) mass is 214 g/mol. The van der Waals surface area contributed by atoms with E-state index in [1.807, 2.05) is 0 Å². The second-order valence-electron chi connectivity index (χ2n) is 5.39. The van der Waals surface area contributed by atoms with E-state index < -0.39 is 0 Å². The van der Waals surface area contributed by atoms with Crippen LogP contribution < -0.4 is 11.1 Å². The van der Waals surface area contributed by atoms with E-state index in [4.69, 9.17) is 10.5 Å². The van der Waals surface area contributed by atoms with Gasteiger partial charge in [0.25, 0.3) is 0 Å². The van der Waals surface area contributed by atoms with Crippen molar-refractivity contribution in [3.63, 3.8) is 0 Å². The predicted octanol–water partition coefficient (Wildman–Crippen LogP) is 0.797. The minimum atomic E-state index is -0.265. The zero-order valence-corrected chi connectivity index (χ0v) is 10.1. The summed E-state index contributed by atoms with van der Waals surface area (Å²) in [4.78, 5) is 10.6. The molecule has 4 heteroatoms. The molecule has 0 spiro atoms. The van der Waals surface area contributed by atoms with Crippen LogP contribution in [0.2, 0.25) is 0 Å². The standard InChI is InChI=1S/C11H22N2O2/c1-10(2)7-8(11(3,4)15-10)13-6-5-9(12)14/h8,13H,5-7H2,1-4H3,(H2,12,14). The van der Waals surface area contributed by atoms with Gasteiger partial charge in [0.2, 0.25) is 5.91 Å². The van der Waals surface area contributed by atoms with E-state index in [2.05, 4.69) is 33.0 Å². The van der Waals surface area contributed by atoms with Crippen LogP contribution >= 0.6 is 0 Å². The van der Waals surface area contributed by atoms with Gasteiger partial charge in [0.05, 0.1) is 11.2 Å². The Morgan fingerprint density at radius 1 is 1.47 bits per heavy atom. The molecule has 1 fully saturated rings. The average Bonchev–Trinajstić information content (AvgIpc) is 2.18. The van der Waals surface area contributed by atoms with Gasteiger partial charge < -0.3 is 15.8 Å². The van der Waals surface area contributed by atoms with E-state index in [1.165, 1.54) is 0 Å². The number of ether oxygens (including phenoxy) is 1. The van der Waals surface area contributed by atoms with Crippen LogP contribution in [0.5, 0.6) is 0 Å². The fourth-order valence-corrected chi connectivity index (χ4v) is 2.25. The van der Waals surface area contributed by atoms with Crippen LogP contribution in [0.15, 0.2) is 0 Å². The van der Waals surface area contributed by atoms with Crippen LogP contribution in [-0.4, -0.2) is 29.7 Å². The molecule has 15 heavy (non-hydrogen) atoms. The minimum absolute atomic E-state index is 0.0894. The zero-order chi connectivity index (χ0) is 11.7. The lowest BCUT2D eigenvalue weighted by atomic mass is 9.94. The fourth-order valence-electron chi connectivity index (χ4n) is 2.25. The predicted molar refractivity (Wildman–Crippen MR) is 59.5 cm³/mol. The number of carbonyl (C=O) groups is 1. The fraction of sp³-hybridized carbons (Fsp3) is 0.909. The van der Waals surface area contributed by atoms with E-state index in [0.29, 0.717) is 13.0 Å². The average molecular weight is 214 g/mol. The second kappa shape index (κ2) is 4.10. The lowest BCUT2D eigenvalue weighted by Crippen LogP contribution is -2.44. The van der Waals surface area contributed by atoms with Crippen LogP contribution in [0.25, 0.3) is 0 Å². The first-order valence-electron chi connectivity index (χ1n) is 5.45. The molecule has 1 atom stereocenters. The first-order valence-corrected chi connectivity index (χ1v) is 5.45. The highest BCUT2D eigenvalue weighted by Gasteiger charge is 2.45. The summed E-state index contributed by atoms with van der Waals surface area (Å²) >= 11 is 0. The van der Waals surface area contributed by atoms with E-state index in [9.17, 15) is 4.79 Å². The van der Waals surface area contributed by atoms with Crippen molar-refractivity contribution in [2.45, 2.75) is 57.8 Å². The van der Waals surface area contributed by atoms with Crippen LogP contribution in [0.3, 0.4) is 0 Å². The van der Waals surface area contributed by atoms with Gasteiger partial charge in [-0.3, -0.25) is 4.79 Å². The number of hydrogen-bond donors (Lipinski definition) is 2. The van der Waals surface area contributed by atoms with Crippen molar-refractivity contribution in [2.24, 2.45) is 5.73 Å². The van der Waals surface area contributed by atoms with Gasteiger partial charge in [-0.25, -0.2) is 0 Å². The molecule has 4 nitrogen and oxygen atoms in total. The Kier molecular flexibility index (Phi) is 3.41. The summed E-state index contributed by atoms with van der Waals surface area (Å²) in [6, 6.07) is 0.284. The highest BCUT2D eigenvalue weighted by Crippen LogP contribution is 2.37. The van der Waals surface area contributed by atoms with Crippen molar-refractivity contribution in [1.29, 1.82) is 0 Å². The molecule has 0 aliphatic carbocycles. The lowest BCUT2D eigenvalue weighted by molar-refractivity contribution is -0.118. The summed E-state index contributed by atoms with van der Waals surface area (Å²) in [7, 11) is 0. The van der Waals surface area contributed by atoms with E-state index in [1.54, 1.807) is 0 Å². The van der Waals surface area contributed by atoms with E-state index >= 15 is 0 Å². The number of rotatable bonds is 4. The summed E-state index contributed by atoms with van der Waals surface area (Å²) in [5.74, 6) is -0.265. The molecule has 1 aliphatic rings. The first-order chi connectivity index (χ1) is 6.73. The van der Waals surface area contributed by atoms with Crippen molar-refractivity contribution in [1.82, 2.24) is 5.32 Å². The van der Waals surface area contributed by atoms with Crippen LogP contribution in [0, 0.1) is 0 Å². The summed E-state index contributed by atoms with van der Waals surface area (Å²) in [5, 5.41) is 3.33.